The van der Waals surface area contributed by atoms with Crippen molar-refractivity contribution in [2.75, 3.05) is 18.5 Å². The summed E-state index contributed by atoms with van der Waals surface area (Å²) in [4.78, 5) is 20.7. The molecule has 2 aromatic heterocycles. The second kappa shape index (κ2) is 6.45. The van der Waals surface area contributed by atoms with E-state index in [2.05, 4.69) is 15.3 Å². The van der Waals surface area contributed by atoms with Gasteiger partial charge in [0.05, 0.1) is 16.3 Å². The first kappa shape index (κ1) is 15.5. The van der Waals surface area contributed by atoms with Crippen LogP contribution in [0.25, 0.3) is 5.82 Å². The van der Waals surface area contributed by atoms with E-state index in [1.54, 1.807) is 47.6 Å². The molecule has 1 aliphatic rings. The Kier molecular flexibility index (Phi) is 3.99. The normalized spacial score (nSPS) is 12.7. The Balaban J connectivity index is 1.54. The third kappa shape index (κ3) is 3.14. The maximum Gasteiger partial charge on any atom is 0.257 e. The van der Waals surface area contributed by atoms with E-state index in [1.807, 2.05) is 0 Å². The van der Waals surface area contributed by atoms with Gasteiger partial charge >= 0.3 is 0 Å². The van der Waals surface area contributed by atoms with Crippen LogP contribution in [0.5, 0.6) is 11.5 Å². The summed E-state index contributed by atoms with van der Waals surface area (Å²) < 4.78 is 12.7. The number of nitrogens with zero attached hydrogens (tertiary/aromatic N) is 3. The molecule has 0 aliphatic carbocycles. The maximum absolute atomic E-state index is 12.4. The zero-order chi connectivity index (χ0) is 17.2. The van der Waals surface area contributed by atoms with E-state index in [0.29, 0.717) is 46.8 Å². The number of benzene rings is 1. The van der Waals surface area contributed by atoms with Crippen molar-refractivity contribution < 1.29 is 14.3 Å². The number of nitrogens with one attached hydrogen (secondary N) is 1. The minimum atomic E-state index is -0.316. The highest BCUT2D eigenvalue weighted by molar-refractivity contribution is 6.34. The van der Waals surface area contributed by atoms with Crippen LogP contribution in [0.3, 0.4) is 0 Å². The van der Waals surface area contributed by atoms with Crippen molar-refractivity contribution in [3.05, 3.63) is 59.8 Å². The number of carbonyl (C=O) groups is 1. The fourth-order valence-electron chi connectivity index (χ4n) is 2.42. The Morgan fingerprint density at radius 3 is 2.68 bits per heavy atom. The van der Waals surface area contributed by atoms with E-state index < -0.39 is 0 Å². The van der Waals surface area contributed by atoms with Gasteiger partial charge in [-0.25, -0.2) is 9.97 Å². The Morgan fingerprint density at radius 1 is 1.20 bits per heavy atom. The molecule has 8 heteroatoms. The monoisotopic (exact) mass is 356 g/mol. The average Bonchev–Trinajstić information content (AvgIpc) is 3.17. The summed E-state index contributed by atoms with van der Waals surface area (Å²) >= 11 is 6.21. The van der Waals surface area contributed by atoms with Crippen molar-refractivity contribution in [1.82, 2.24) is 14.5 Å². The van der Waals surface area contributed by atoms with Crippen LogP contribution in [0.15, 0.2) is 49.2 Å². The van der Waals surface area contributed by atoms with E-state index in [4.69, 9.17) is 21.1 Å². The Labute approximate surface area is 148 Å². The number of hydrogen-bond donors (Lipinski definition) is 1. The fraction of sp³-hybridized carbons (Fsp3) is 0.118. The molecule has 0 unspecified atom stereocenters. The van der Waals surface area contributed by atoms with E-state index in [9.17, 15) is 4.79 Å². The van der Waals surface area contributed by atoms with Gasteiger partial charge in [0, 0.05) is 30.7 Å². The molecule has 0 saturated heterocycles. The summed E-state index contributed by atoms with van der Waals surface area (Å²) in [5.41, 5.74) is 0.865. The van der Waals surface area contributed by atoms with Crippen LogP contribution >= 0.6 is 11.6 Å². The van der Waals surface area contributed by atoms with Crippen LogP contribution in [0.4, 0.5) is 5.69 Å². The third-order valence-electron chi connectivity index (χ3n) is 3.66. The Bertz CT molecular complexity index is 910. The molecule has 0 spiro atoms. The number of pyridine rings is 1. The van der Waals surface area contributed by atoms with Crippen LogP contribution in [-0.2, 0) is 0 Å². The number of carbonyl (C=O) groups excluding carboxylic acids is 1. The van der Waals surface area contributed by atoms with Gasteiger partial charge in [0.25, 0.3) is 5.91 Å². The topological polar surface area (TPSA) is 78.3 Å². The molecule has 1 amide bonds. The summed E-state index contributed by atoms with van der Waals surface area (Å²) in [6.07, 6.45) is 6.57. The highest BCUT2D eigenvalue weighted by Crippen LogP contribution is 2.38. The number of hydrogen-bond acceptors (Lipinski definition) is 5. The molecule has 0 fully saturated rings. The van der Waals surface area contributed by atoms with Gasteiger partial charge < -0.3 is 14.8 Å². The first-order valence-corrected chi connectivity index (χ1v) is 7.93. The molecule has 0 bridgehead atoms. The van der Waals surface area contributed by atoms with E-state index in [-0.39, 0.29) is 5.91 Å². The van der Waals surface area contributed by atoms with Gasteiger partial charge in [0.15, 0.2) is 11.5 Å². The molecule has 1 aromatic carbocycles. The van der Waals surface area contributed by atoms with E-state index >= 15 is 0 Å². The van der Waals surface area contributed by atoms with Gasteiger partial charge in [-0.2, -0.15) is 0 Å². The second-order valence-electron chi connectivity index (χ2n) is 5.30. The van der Waals surface area contributed by atoms with Crippen LogP contribution in [0.1, 0.15) is 10.4 Å². The van der Waals surface area contributed by atoms with Crippen molar-refractivity contribution in [2.24, 2.45) is 0 Å². The maximum atomic E-state index is 12.4. The lowest BCUT2D eigenvalue weighted by molar-refractivity contribution is 0.102. The summed E-state index contributed by atoms with van der Waals surface area (Å²) in [5, 5.41) is 3.14. The van der Waals surface area contributed by atoms with Crippen molar-refractivity contribution in [1.29, 1.82) is 0 Å². The average molecular weight is 357 g/mol. The lowest BCUT2D eigenvalue weighted by Gasteiger charge is -2.20. The molecule has 126 valence electrons. The second-order valence-corrected chi connectivity index (χ2v) is 5.71. The van der Waals surface area contributed by atoms with Crippen LogP contribution < -0.4 is 14.8 Å². The van der Waals surface area contributed by atoms with E-state index in [0.717, 1.165) is 0 Å². The highest BCUT2D eigenvalue weighted by Gasteiger charge is 2.17. The number of halogens is 1. The predicted molar refractivity (Wildman–Crippen MR) is 91.8 cm³/mol. The van der Waals surface area contributed by atoms with Gasteiger partial charge in [-0.15, -0.1) is 0 Å². The van der Waals surface area contributed by atoms with Crippen molar-refractivity contribution >= 4 is 23.2 Å². The predicted octanol–water partition coefficient (Wildman–Crippen LogP) is 2.94. The van der Waals surface area contributed by atoms with Gasteiger partial charge in [-0.3, -0.25) is 9.36 Å². The molecular formula is C17H13ClN4O3. The molecule has 1 N–H and O–H groups in total. The molecule has 0 saturated carbocycles. The molecule has 0 radical (unpaired) electrons. The first-order chi connectivity index (χ1) is 12.2. The van der Waals surface area contributed by atoms with Gasteiger partial charge in [0.2, 0.25) is 0 Å². The first-order valence-electron chi connectivity index (χ1n) is 7.55. The lowest BCUT2D eigenvalue weighted by Crippen LogP contribution is -2.17. The molecule has 25 heavy (non-hydrogen) atoms. The Hall–Kier alpha value is -3.06. The quantitative estimate of drug-likeness (QED) is 0.780. The molecule has 1 aliphatic heterocycles. The summed E-state index contributed by atoms with van der Waals surface area (Å²) in [7, 11) is 0. The van der Waals surface area contributed by atoms with E-state index in [1.165, 1.54) is 6.20 Å². The number of rotatable bonds is 3. The highest BCUT2D eigenvalue weighted by atomic mass is 35.5. The lowest BCUT2D eigenvalue weighted by atomic mass is 10.2. The molecule has 3 heterocycles. The summed E-state index contributed by atoms with van der Waals surface area (Å²) in [6.45, 7) is 0.936. The molecule has 3 aromatic rings. The molecule has 0 atom stereocenters. The van der Waals surface area contributed by atoms with Crippen LogP contribution in [0.2, 0.25) is 5.02 Å². The van der Waals surface area contributed by atoms with Crippen molar-refractivity contribution in [2.45, 2.75) is 0 Å². The molecule has 4 rings (SSSR count). The minimum absolute atomic E-state index is 0.316. The molecular weight excluding hydrogens is 344 g/mol. The van der Waals surface area contributed by atoms with Crippen LogP contribution in [-0.4, -0.2) is 33.7 Å². The fourth-order valence-corrected chi connectivity index (χ4v) is 2.62. The number of amides is 1. The zero-order valence-electron chi connectivity index (χ0n) is 13.0. The van der Waals surface area contributed by atoms with Gasteiger partial charge in [-0.1, -0.05) is 11.6 Å². The number of anilines is 1. The standard InChI is InChI=1S/C17H13ClN4O3/c18-12-7-14-15(25-6-5-24-14)8-13(12)21-17(23)11-1-2-16(20-9-11)22-4-3-19-10-22/h1-4,7-10H,5-6H2,(H,21,23). The SMILES string of the molecule is O=C(Nc1cc2c(cc1Cl)OCCO2)c1ccc(-n2ccnc2)nc1. The Morgan fingerprint density at radius 2 is 2.00 bits per heavy atom. The molecule has 7 nitrogen and oxygen atoms in total. The van der Waals surface area contributed by atoms with Crippen molar-refractivity contribution in [3.63, 3.8) is 0 Å². The number of aromatic nitrogens is 3. The van der Waals surface area contributed by atoms with Gasteiger partial charge in [0.1, 0.15) is 25.4 Å². The third-order valence-corrected chi connectivity index (χ3v) is 3.97. The summed E-state index contributed by atoms with van der Waals surface area (Å²) in [5.74, 6) is 1.48. The summed E-state index contributed by atoms with van der Waals surface area (Å²) in [6, 6.07) is 6.71. The zero-order valence-corrected chi connectivity index (χ0v) is 13.7. The van der Waals surface area contributed by atoms with Crippen LogP contribution in [0, 0.1) is 0 Å². The van der Waals surface area contributed by atoms with Gasteiger partial charge in [-0.05, 0) is 12.1 Å². The number of fused-ring (bicyclic) bond motifs is 1. The smallest absolute Gasteiger partial charge is 0.257 e. The van der Waals surface area contributed by atoms with Crippen molar-refractivity contribution in [3.8, 4) is 17.3 Å². The largest absolute Gasteiger partial charge is 0.486 e. The minimum Gasteiger partial charge on any atom is -0.486 e. The number of imidazole rings is 1. The number of ether oxygens (including phenoxy) is 2.